The van der Waals surface area contributed by atoms with Gasteiger partial charge in [-0.25, -0.2) is 0 Å². The number of hydrogen-bond acceptors (Lipinski definition) is 3. The first kappa shape index (κ1) is 16.5. The third kappa shape index (κ3) is 4.07. The van der Waals surface area contributed by atoms with E-state index in [4.69, 9.17) is 0 Å². The van der Waals surface area contributed by atoms with E-state index in [9.17, 15) is 9.59 Å². The van der Waals surface area contributed by atoms with Crippen LogP contribution in [0.2, 0.25) is 0 Å². The Labute approximate surface area is 132 Å². The van der Waals surface area contributed by atoms with Gasteiger partial charge in [0.1, 0.15) is 0 Å². The van der Waals surface area contributed by atoms with Crippen LogP contribution in [0, 0.1) is 0 Å². The number of piperazine rings is 1. The molecule has 0 atom stereocenters. The number of nitrogens with zero attached hydrogens (tertiary/aromatic N) is 2. The zero-order chi connectivity index (χ0) is 15.9. The lowest BCUT2D eigenvalue weighted by atomic mass is 10.1. The number of carbonyl (C=O) groups excluding carboxylic acids is 2. The second-order valence-electron chi connectivity index (χ2n) is 5.56. The second kappa shape index (κ2) is 7.94. The molecule has 1 N–H and O–H groups in total. The summed E-state index contributed by atoms with van der Waals surface area (Å²) in [7, 11) is 0. The maximum Gasteiger partial charge on any atom is 0.253 e. The van der Waals surface area contributed by atoms with Gasteiger partial charge in [0.2, 0.25) is 0 Å². The molecule has 1 heterocycles. The Balaban J connectivity index is 2.03. The van der Waals surface area contributed by atoms with Crippen LogP contribution in [0.15, 0.2) is 24.3 Å². The summed E-state index contributed by atoms with van der Waals surface area (Å²) in [5.41, 5.74) is 1.14. The van der Waals surface area contributed by atoms with Crippen LogP contribution in [0.3, 0.4) is 0 Å². The van der Waals surface area contributed by atoms with Crippen LogP contribution in [-0.4, -0.2) is 60.9 Å². The van der Waals surface area contributed by atoms with Gasteiger partial charge in [0.15, 0.2) is 0 Å². The van der Waals surface area contributed by atoms with Crippen molar-refractivity contribution in [1.82, 2.24) is 15.1 Å². The van der Waals surface area contributed by atoms with Crippen molar-refractivity contribution in [2.75, 3.05) is 39.3 Å². The first-order chi connectivity index (χ1) is 10.7. The van der Waals surface area contributed by atoms with Crippen LogP contribution in [-0.2, 0) is 0 Å². The summed E-state index contributed by atoms with van der Waals surface area (Å²) in [4.78, 5) is 28.8. The third-order valence-corrected chi connectivity index (χ3v) is 4.01. The molecule has 1 aromatic rings. The molecule has 0 saturated carbocycles. The number of likely N-dealkylation sites (N-methyl/N-ethyl adjacent to an activating group) is 1. The number of benzene rings is 1. The zero-order valence-electron chi connectivity index (χ0n) is 13.5. The van der Waals surface area contributed by atoms with Crippen molar-refractivity contribution in [1.29, 1.82) is 0 Å². The smallest absolute Gasteiger partial charge is 0.253 e. The predicted octanol–water partition coefficient (Wildman–Crippen LogP) is 1.60. The highest BCUT2D eigenvalue weighted by Crippen LogP contribution is 2.11. The topological polar surface area (TPSA) is 52.7 Å². The van der Waals surface area contributed by atoms with Gasteiger partial charge in [-0.2, -0.15) is 0 Å². The first-order valence-corrected chi connectivity index (χ1v) is 8.05. The van der Waals surface area contributed by atoms with Crippen LogP contribution in [0.1, 0.15) is 41.0 Å². The van der Waals surface area contributed by atoms with Crippen LogP contribution in [0.5, 0.6) is 0 Å². The Morgan fingerprint density at radius 1 is 1.09 bits per heavy atom. The summed E-state index contributed by atoms with van der Waals surface area (Å²) in [6.45, 7) is 9.15. The lowest BCUT2D eigenvalue weighted by Gasteiger charge is -2.34. The van der Waals surface area contributed by atoms with Gasteiger partial charge in [0, 0.05) is 43.9 Å². The Morgan fingerprint density at radius 3 is 2.41 bits per heavy atom. The van der Waals surface area contributed by atoms with E-state index >= 15 is 0 Å². The summed E-state index contributed by atoms with van der Waals surface area (Å²) in [5, 5.41) is 2.84. The number of nitrogens with one attached hydrogen (secondary N) is 1. The Kier molecular flexibility index (Phi) is 5.95. The number of hydrogen-bond donors (Lipinski definition) is 1. The molecule has 120 valence electrons. The molecule has 0 radical (unpaired) electrons. The molecule has 1 aliphatic heterocycles. The van der Waals surface area contributed by atoms with Gasteiger partial charge >= 0.3 is 0 Å². The molecule has 1 aliphatic rings. The first-order valence-electron chi connectivity index (χ1n) is 8.05. The highest BCUT2D eigenvalue weighted by molar-refractivity contribution is 5.99. The molecule has 0 unspecified atom stereocenters. The van der Waals surface area contributed by atoms with Gasteiger partial charge in [-0.05, 0) is 31.2 Å². The van der Waals surface area contributed by atoms with Gasteiger partial charge < -0.3 is 15.1 Å². The van der Waals surface area contributed by atoms with E-state index in [2.05, 4.69) is 17.1 Å². The molecule has 0 aliphatic carbocycles. The van der Waals surface area contributed by atoms with Crippen LogP contribution >= 0.6 is 0 Å². The number of amides is 2. The minimum Gasteiger partial charge on any atom is -0.352 e. The third-order valence-electron chi connectivity index (χ3n) is 4.01. The molecule has 1 aromatic carbocycles. The van der Waals surface area contributed by atoms with Crippen molar-refractivity contribution < 1.29 is 9.59 Å². The van der Waals surface area contributed by atoms with Gasteiger partial charge in [-0.3, -0.25) is 9.59 Å². The second-order valence-corrected chi connectivity index (χ2v) is 5.56. The summed E-state index contributed by atoms with van der Waals surface area (Å²) < 4.78 is 0. The van der Waals surface area contributed by atoms with Crippen LogP contribution < -0.4 is 5.32 Å². The molecular formula is C17H25N3O2. The fraction of sp³-hybridized carbons (Fsp3) is 0.529. The summed E-state index contributed by atoms with van der Waals surface area (Å²) in [5.74, 6) is -0.104. The maximum atomic E-state index is 12.6. The van der Waals surface area contributed by atoms with Gasteiger partial charge in [0.25, 0.3) is 11.8 Å². The van der Waals surface area contributed by atoms with Crippen LogP contribution in [0.4, 0.5) is 0 Å². The van der Waals surface area contributed by atoms with Gasteiger partial charge in [-0.15, -0.1) is 0 Å². The minimum atomic E-state index is -0.118. The lowest BCUT2D eigenvalue weighted by molar-refractivity contribution is 0.0643. The van der Waals surface area contributed by atoms with E-state index in [0.717, 1.165) is 39.1 Å². The fourth-order valence-corrected chi connectivity index (χ4v) is 2.58. The van der Waals surface area contributed by atoms with Crippen molar-refractivity contribution in [3.63, 3.8) is 0 Å². The minimum absolute atomic E-state index is 0.0147. The zero-order valence-corrected chi connectivity index (χ0v) is 13.5. The maximum absolute atomic E-state index is 12.6. The van der Waals surface area contributed by atoms with Crippen molar-refractivity contribution in [3.8, 4) is 0 Å². The molecular weight excluding hydrogens is 278 g/mol. The molecule has 0 spiro atoms. The van der Waals surface area contributed by atoms with E-state index in [1.54, 1.807) is 24.3 Å². The summed E-state index contributed by atoms with van der Waals surface area (Å²) in [6, 6.07) is 7.00. The Hall–Kier alpha value is -1.88. The largest absolute Gasteiger partial charge is 0.352 e. The SMILES string of the molecule is CCCNC(=O)c1cccc(C(=O)N2CCN(CC)CC2)c1. The highest BCUT2D eigenvalue weighted by Gasteiger charge is 2.21. The molecule has 22 heavy (non-hydrogen) atoms. The van der Waals surface area contributed by atoms with Crippen molar-refractivity contribution >= 4 is 11.8 Å². The van der Waals surface area contributed by atoms with Gasteiger partial charge in [0.05, 0.1) is 0 Å². The average Bonchev–Trinajstić information content (AvgIpc) is 2.59. The predicted molar refractivity (Wildman–Crippen MR) is 87.1 cm³/mol. The number of carbonyl (C=O) groups is 2. The molecule has 2 amide bonds. The Morgan fingerprint density at radius 2 is 1.77 bits per heavy atom. The van der Waals surface area contributed by atoms with E-state index in [-0.39, 0.29) is 11.8 Å². The molecule has 1 saturated heterocycles. The molecule has 0 bridgehead atoms. The molecule has 5 nitrogen and oxygen atoms in total. The lowest BCUT2D eigenvalue weighted by Crippen LogP contribution is -2.48. The highest BCUT2D eigenvalue weighted by atomic mass is 16.2. The standard InChI is InChI=1S/C17H25N3O2/c1-3-8-18-16(21)14-6-5-7-15(13-14)17(22)20-11-9-19(4-2)10-12-20/h5-7,13H,3-4,8-12H2,1-2H3,(H,18,21). The van der Waals surface area contributed by atoms with Crippen molar-refractivity contribution in [3.05, 3.63) is 35.4 Å². The Bertz CT molecular complexity index is 522. The molecule has 2 rings (SSSR count). The van der Waals surface area contributed by atoms with Crippen LogP contribution in [0.25, 0.3) is 0 Å². The molecule has 1 fully saturated rings. The molecule has 0 aromatic heterocycles. The van der Waals surface area contributed by atoms with Crippen molar-refractivity contribution in [2.24, 2.45) is 0 Å². The van der Waals surface area contributed by atoms with E-state index in [1.165, 1.54) is 0 Å². The average molecular weight is 303 g/mol. The van der Waals surface area contributed by atoms with Gasteiger partial charge in [-0.1, -0.05) is 19.9 Å². The fourth-order valence-electron chi connectivity index (χ4n) is 2.58. The summed E-state index contributed by atoms with van der Waals surface area (Å²) >= 11 is 0. The number of rotatable bonds is 5. The summed E-state index contributed by atoms with van der Waals surface area (Å²) in [6.07, 6.45) is 0.895. The van der Waals surface area contributed by atoms with E-state index in [1.807, 2.05) is 11.8 Å². The molecule has 5 heteroatoms. The van der Waals surface area contributed by atoms with E-state index < -0.39 is 0 Å². The van der Waals surface area contributed by atoms with E-state index in [0.29, 0.717) is 17.7 Å². The van der Waals surface area contributed by atoms with Crippen molar-refractivity contribution in [2.45, 2.75) is 20.3 Å². The monoisotopic (exact) mass is 303 g/mol. The normalized spacial score (nSPS) is 15.6. The quantitative estimate of drug-likeness (QED) is 0.899.